The molecule has 1 saturated heterocycles. The van der Waals surface area contributed by atoms with E-state index in [2.05, 4.69) is 14.7 Å². The first kappa shape index (κ1) is 23.4. The number of likely N-dealkylation sites (tertiary alicyclic amines) is 1. The second-order valence-electron chi connectivity index (χ2n) is 8.42. The van der Waals surface area contributed by atoms with Crippen molar-refractivity contribution in [2.75, 3.05) is 17.8 Å². The molecule has 2 aromatic heterocycles. The van der Waals surface area contributed by atoms with Gasteiger partial charge in [-0.25, -0.2) is 18.2 Å². The molecular formula is C26H22N4O5S. The van der Waals surface area contributed by atoms with E-state index in [4.69, 9.17) is 4.74 Å². The van der Waals surface area contributed by atoms with Crippen molar-refractivity contribution in [3.8, 4) is 0 Å². The molecule has 1 N–H and O–H groups in total. The summed E-state index contributed by atoms with van der Waals surface area (Å²) >= 11 is 0. The molecular weight excluding hydrogens is 480 g/mol. The predicted molar refractivity (Wildman–Crippen MR) is 133 cm³/mol. The van der Waals surface area contributed by atoms with E-state index in [9.17, 15) is 18.0 Å². The predicted octanol–water partition coefficient (Wildman–Crippen LogP) is 3.42. The van der Waals surface area contributed by atoms with Gasteiger partial charge in [0.1, 0.15) is 16.7 Å². The molecule has 0 spiro atoms. The van der Waals surface area contributed by atoms with Crippen LogP contribution in [0.4, 0.5) is 5.69 Å². The third-order valence-electron chi connectivity index (χ3n) is 5.89. The maximum atomic E-state index is 13.1. The number of rotatable bonds is 6. The molecule has 0 aliphatic carbocycles. The Morgan fingerprint density at radius 1 is 0.972 bits per heavy atom. The van der Waals surface area contributed by atoms with Crippen molar-refractivity contribution in [3.63, 3.8) is 0 Å². The number of carbonyl (C=O) groups excluding carboxylic acids is 2. The Kier molecular flexibility index (Phi) is 6.11. The maximum absolute atomic E-state index is 13.1. The second-order valence-corrected chi connectivity index (χ2v) is 10.1. The normalized spacial score (nSPS) is 13.8. The van der Waals surface area contributed by atoms with Crippen molar-refractivity contribution in [2.45, 2.75) is 17.9 Å². The molecule has 1 aliphatic rings. The lowest BCUT2D eigenvalue weighted by Gasteiger charge is -2.38. The van der Waals surface area contributed by atoms with E-state index in [1.807, 2.05) is 0 Å². The van der Waals surface area contributed by atoms with E-state index < -0.39 is 22.1 Å². The monoisotopic (exact) mass is 502 g/mol. The number of nitrogens with one attached hydrogen (secondary N) is 1. The van der Waals surface area contributed by atoms with E-state index in [1.165, 1.54) is 12.3 Å². The fraction of sp³-hybridized carbons (Fsp3) is 0.154. The van der Waals surface area contributed by atoms with Gasteiger partial charge in [0, 0.05) is 23.3 Å². The SMILES string of the molecule is Cc1cc(C(=O)N2CC(OC(=O)c3ccccn3)C2)ccc1NS(=O)(=O)c1cccc2cccnc12. The molecule has 36 heavy (non-hydrogen) atoms. The number of fused-ring (bicyclic) bond motifs is 1. The van der Waals surface area contributed by atoms with Crippen LogP contribution in [0.3, 0.4) is 0 Å². The summed E-state index contributed by atoms with van der Waals surface area (Å²) in [4.78, 5) is 34.8. The van der Waals surface area contributed by atoms with Crippen molar-refractivity contribution in [1.82, 2.24) is 14.9 Å². The van der Waals surface area contributed by atoms with Crippen LogP contribution in [0.25, 0.3) is 10.9 Å². The number of benzene rings is 2. The van der Waals surface area contributed by atoms with Crippen LogP contribution >= 0.6 is 0 Å². The van der Waals surface area contributed by atoms with Gasteiger partial charge in [0.05, 0.1) is 24.3 Å². The molecule has 2 aromatic carbocycles. The first-order valence-corrected chi connectivity index (χ1v) is 12.7. The first-order chi connectivity index (χ1) is 17.3. The van der Waals surface area contributed by atoms with Gasteiger partial charge >= 0.3 is 5.97 Å². The van der Waals surface area contributed by atoms with Gasteiger partial charge in [-0.1, -0.05) is 24.3 Å². The van der Waals surface area contributed by atoms with Crippen LogP contribution in [0.5, 0.6) is 0 Å². The van der Waals surface area contributed by atoms with Crippen LogP contribution in [-0.4, -0.2) is 54.4 Å². The van der Waals surface area contributed by atoms with Gasteiger partial charge in [-0.15, -0.1) is 0 Å². The summed E-state index contributed by atoms with van der Waals surface area (Å²) in [5, 5.41) is 0.719. The summed E-state index contributed by atoms with van der Waals surface area (Å²) < 4.78 is 34.2. The fourth-order valence-electron chi connectivity index (χ4n) is 3.96. The minimum atomic E-state index is -3.91. The first-order valence-electron chi connectivity index (χ1n) is 11.2. The number of hydrogen-bond acceptors (Lipinski definition) is 7. The maximum Gasteiger partial charge on any atom is 0.357 e. The summed E-state index contributed by atoms with van der Waals surface area (Å²) in [6, 6.07) is 18.3. The molecule has 182 valence electrons. The number of ether oxygens (including phenoxy) is 1. The van der Waals surface area contributed by atoms with Crippen molar-refractivity contribution in [3.05, 3.63) is 95.9 Å². The fourth-order valence-corrected chi connectivity index (χ4v) is 5.27. The number of nitrogens with zero attached hydrogens (tertiary/aromatic N) is 3. The number of pyridine rings is 2. The number of amides is 1. The summed E-state index contributed by atoms with van der Waals surface area (Å²) in [6.45, 7) is 2.28. The third kappa shape index (κ3) is 4.63. The van der Waals surface area contributed by atoms with E-state index >= 15 is 0 Å². The Labute approximate surface area is 207 Å². The van der Waals surface area contributed by atoms with Crippen molar-refractivity contribution in [1.29, 1.82) is 0 Å². The Morgan fingerprint density at radius 2 is 1.75 bits per heavy atom. The molecule has 9 nitrogen and oxygen atoms in total. The zero-order chi connectivity index (χ0) is 25.3. The van der Waals surface area contributed by atoms with E-state index in [0.717, 1.165) is 5.39 Å². The Hall–Kier alpha value is -4.31. The van der Waals surface area contributed by atoms with E-state index in [-0.39, 0.29) is 29.6 Å². The number of esters is 1. The lowest BCUT2D eigenvalue weighted by atomic mass is 10.1. The van der Waals surface area contributed by atoms with Gasteiger partial charge in [-0.2, -0.15) is 0 Å². The number of aryl methyl sites for hydroxylation is 1. The van der Waals surface area contributed by atoms with Gasteiger partial charge in [-0.05, 0) is 55.0 Å². The van der Waals surface area contributed by atoms with Crippen LogP contribution in [0, 0.1) is 6.92 Å². The summed E-state index contributed by atoms with van der Waals surface area (Å²) in [5.74, 6) is -0.752. The molecule has 0 unspecified atom stereocenters. The number of anilines is 1. The lowest BCUT2D eigenvalue weighted by Crippen LogP contribution is -2.55. The highest BCUT2D eigenvalue weighted by Gasteiger charge is 2.34. The van der Waals surface area contributed by atoms with E-state index in [1.54, 1.807) is 78.7 Å². The van der Waals surface area contributed by atoms with Crippen LogP contribution in [0.1, 0.15) is 26.4 Å². The Morgan fingerprint density at radius 3 is 2.50 bits per heavy atom. The molecule has 3 heterocycles. The minimum Gasteiger partial charge on any atom is -0.454 e. The van der Waals surface area contributed by atoms with Crippen molar-refractivity contribution < 1.29 is 22.7 Å². The molecule has 5 rings (SSSR count). The van der Waals surface area contributed by atoms with Crippen LogP contribution in [0.15, 0.2) is 84.0 Å². The smallest absolute Gasteiger partial charge is 0.357 e. The molecule has 0 atom stereocenters. The quantitative estimate of drug-likeness (QED) is 0.401. The summed E-state index contributed by atoms with van der Waals surface area (Å²) in [5.41, 5.74) is 1.97. The molecule has 0 saturated carbocycles. The van der Waals surface area contributed by atoms with E-state index in [0.29, 0.717) is 22.3 Å². The van der Waals surface area contributed by atoms with Gasteiger partial charge in [-0.3, -0.25) is 14.5 Å². The Bertz CT molecular complexity index is 1560. The molecule has 0 radical (unpaired) electrons. The molecule has 1 aliphatic heterocycles. The lowest BCUT2D eigenvalue weighted by molar-refractivity contribution is -0.0238. The van der Waals surface area contributed by atoms with Crippen LogP contribution in [-0.2, 0) is 14.8 Å². The molecule has 1 fully saturated rings. The van der Waals surface area contributed by atoms with Crippen LogP contribution in [0.2, 0.25) is 0 Å². The van der Waals surface area contributed by atoms with Crippen molar-refractivity contribution >= 4 is 38.5 Å². The summed E-state index contributed by atoms with van der Waals surface area (Å²) in [7, 11) is -3.91. The number of aromatic nitrogens is 2. The minimum absolute atomic E-state index is 0.0759. The van der Waals surface area contributed by atoms with Gasteiger partial charge in [0.15, 0.2) is 0 Å². The number of carbonyl (C=O) groups is 2. The zero-order valence-corrected chi connectivity index (χ0v) is 20.1. The highest BCUT2D eigenvalue weighted by molar-refractivity contribution is 7.93. The third-order valence-corrected chi connectivity index (χ3v) is 7.28. The average Bonchev–Trinajstić information content (AvgIpc) is 2.86. The largest absolute Gasteiger partial charge is 0.454 e. The highest BCUT2D eigenvalue weighted by Crippen LogP contribution is 2.26. The number of hydrogen-bond donors (Lipinski definition) is 1. The van der Waals surface area contributed by atoms with Gasteiger partial charge in [0.25, 0.3) is 15.9 Å². The summed E-state index contributed by atoms with van der Waals surface area (Å²) in [6.07, 6.45) is 2.66. The highest BCUT2D eigenvalue weighted by atomic mass is 32.2. The zero-order valence-electron chi connectivity index (χ0n) is 19.3. The molecule has 10 heteroatoms. The Balaban J connectivity index is 1.25. The second kappa shape index (κ2) is 9.38. The average molecular weight is 503 g/mol. The standard InChI is InChI=1S/C26H22N4O5S/c1-17-14-19(25(31)30-15-20(16-30)35-26(32)22-8-2-3-12-27-22)10-11-21(17)29-36(33,34)23-9-4-6-18-7-5-13-28-24(18)23/h2-14,20,29H,15-16H2,1H3. The number of sulfonamides is 1. The molecule has 0 bridgehead atoms. The van der Waals surface area contributed by atoms with Crippen LogP contribution < -0.4 is 4.72 Å². The van der Waals surface area contributed by atoms with Gasteiger partial charge < -0.3 is 9.64 Å². The molecule has 4 aromatic rings. The van der Waals surface area contributed by atoms with Gasteiger partial charge in [0.2, 0.25) is 0 Å². The topological polar surface area (TPSA) is 119 Å². The van der Waals surface area contributed by atoms with Crippen molar-refractivity contribution in [2.24, 2.45) is 0 Å². The molecule has 1 amide bonds. The number of para-hydroxylation sites is 1.